The monoisotopic (exact) mass is 546 g/mol. The Balaban J connectivity index is 1.38. The highest BCUT2D eigenvalue weighted by Gasteiger charge is 2.27. The number of hydrogen-bond donors (Lipinski definition) is 0. The Hall–Kier alpha value is -3.09. The van der Waals surface area contributed by atoms with Crippen LogP contribution in [0.2, 0.25) is 0 Å². The van der Waals surface area contributed by atoms with Crippen LogP contribution in [0.25, 0.3) is 22.3 Å². The molecule has 0 N–H and O–H groups in total. The quantitative estimate of drug-likeness (QED) is 0.223. The van der Waals surface area contributed by atoms with Crippen molar-refractivity contribution >= 4 is 0 Å². The van der Waals surface area contributed by atoms with Crippen molar-refractivity contribution < 1.29 is 31.4 Å². The van der Waals surface area contributed by atoms with Crippen LogP contribution in [0.4, 0.5) is 22.0 Å². The van der Waals surface area contributed by atoms with Gasteiger partial charge in [-0.2, -0.15) is 8.78 Å². The summed E-state index contributed by atoms with van der Waals surface area (Å²) in [6, 6.07) is 11.5. The third-order valence-electron chi connectivity index (χ3n) is 7.65. The fraction of sp³-hybridized carbons (Fsp3) is 0.438. The second-order valence-electron chi connectivity index (χ2n) is 10.2. The van der Waals surface area contributed by atoms with Crippen LogP contribution < -0.4 is 9.47 Å². The summed E-state index contributed by atoms with van der Waals surface area (Å²) in [5.74, 6) is -4.12. The average molecular weight is 547 g/mol. The van der Waals surface area contributed by atoms with Gasteiger partial charge in [-0.05, 0) is 67.0 Å². The van der Waals surface area contributed by atoms with Gasteiger partial charge in [0, 0.05) is 17.5 Å². The van der Waals surface area contributed by atoms with Gasteiger partial charge in [0.05, 0.1) is 13.2 Å². The predicted molar refractivity (Wildman–Crippen MR) is 144 cm³/mol. The maximum absolute atomic E-state index is 14.9. The molecule has 3 aromatic rings. The van der Waals surface area contributed by atoms with Gasteiger partial charge in [-0.3, -0.25) is 0 Å². The number of rotatable bonds is 11. The fourth-order valence-corrected chi connectivity index (χ4v) is 5.48. The molecule has 0 radical (unpaired) electrons. The Labute approximate surface area is 227 Å². The van der Waals surface area contributed by atoms with Gasteiger partial charge in [0.15, 0.2) is 23.1 Å². The highest BCUT2D eigenvalue weighted by Crippen LogP contribution is 2.36. The molecule has 39 heavy (non-hydrogen) atoms. The van der Waals surface area contributed by atoms with E-state index in [1.165, 1.54) is 55.0 Å². The summed E-state index contributed by atoms with van der Waals surface area (Å²) >= 11 is 0. The first-order valence-corrected chi connectivity index (χ1v) is 13.8. The Morgan fingerprint density at radius 1 is 0.692 bits per heavy atom. The van der Waals surface area contributed by atoms with Crippen molar-refractivity contribution in [3.8, 4) is 33.8 Å². The van der Waals surface area contributed by atoms with Gasteiger partial charge in [0.25, 0.3) is 0 Å². The second-order valence-corrected chi connectivity index (χ2v) is 10.2. The lowest BCUT2D eigenvalue weighted by atomic mass is 9.78. The molecule has 3 aromatic carbocycles. The zero-order chi connectivity index (χ0) is 27.9. The summed E-state index contributed by atoms with van der Waals surface area (Å²) in [4.78, 5) is 0. The molecule has 1 saturated carbocycles. The van der Waals surface area contributed by atoms with Crippen LogP contribution in [0.1, 0.15) is 58.8 Å². The standard InChI is InChI=1S/C32H35F5O2/c1-3-5-20-6-8-23(9-7-20)26(33)18-19-39-28-17-15-25(30(35)32(28)37)22-12-10-21(11-13-22)24-14-16-27(38-4-2)31(36)29(24)34/h10-17,20,23,26H,3-9,18-19H2,1-2H3. The Morgan fingerprint density at radius 3 is 1.69 bits per heavy atom. The molecule has 1 atom stereocenters. The molecule has 2 nitrogen and oxygen atoms in total. The Morgan fingerprint density at radius 2 is 1.21 bits per heavy atom. The van der Waals surface area contributed by atoms with Crippen LogP contribution in [0.5, 0.6) is 11.5 Å². The van der Waals surface area contributed by atoms with Gasteiger partial charge in [0.2, 0.25) is 11.6 Å². The van der Waals surface area contributed by atoms with Gasteiger partial charge in [-0.1, -0.05) is 56.9 Å². The largest absolute Gasteiger partial charge is 0.491 e. The van der Waals surface area contributed by atoms with Crippen LogP contribution >= 0.6 is 0 Å². The van der Waals surface area contributed by atoms with E-state index in [2.05, 4.69) is 6.92 Å². The molecule has 7 heteroatoms. The first-order chi connectivity index (χ1) is 18.8. The molecule has 0 aromatic heterocycles. The zero-order valence-electron chi connectivity index (χ0n) is 22.4. The topological polar surface area (TPSA) is 18.5 Å². The molecule has 210 valence electrons. The molecular formula is C32H35F5O2. The highest BCUT2D eigenvalue weighted by atomic mass is 19.2. The van der Waals surface area contributed by atoms with Crippen molar-refractivity contribution in [2.45, 2.75) is 65.0 Å². The van der Waals surface area contributed by atoms with E-state index >= 15 is 0 Å². The van der Waals surface area contributed by atoms with Gasteiger partial charge in [0.1, 0.15) is 6.17 Å². The van der Waals surface area contributed by atoms with Crippen LogP contribution in [-0.2, 0) is 0 Å². The maximum atomic E-state index is 14.9. The minimum absolute atomic E-state index is 0.00113. The van der Waals surface area contributed by atoms with E-state index in [-0.39, 0.29) is 48.2 Å². The molecule has 0 aliphatic heterocycles. The van der Waals surface area contributed by atoms with E-state index in [1.54, 1.807) is 6.92 Å². The molecule has 0 amide bonds. The number of benzene rings is 3. The number of hydrogen-bond acceptors (Lipinski definition) is 2. The summed E-state index contributed by atoms with van der Waals surface area (Å²) in [7, 11) is 0. The first-order valence-electron chi connectivity index (χ1n) is 13.8. The number of alkyl halides is 1. The summed E-state index contributed by atoms with van der Waals surface area (Å²) < 4.78 is 83.7. The molecule has 1 fully saturated rings. The van der Waals surface area contributed by atoms with Crippen LogP contribution in [0.3, 0.4) is 0 Å². The fourth-order valence-electron chi connectivity index (χ4n) is 5.48. The Bertz CT molecular complexity index is 1240. The molecule has 1 unspecified atom stereocenters. The molecule has 0 bridgehead atoms. The lowest BCUT2D eigenvalue weighted by Gasteiger charge is -2.30. The van der Waals surface area contributed by atoms with Crippen molar-refractivity contribution in [3.63, 3.8) is 0 Å². The lowest BCUT2D eigenvalue weighted by Crippen LogP contribution is -2.24. The lowest BCUT2D eigenvalue weighted by molar-refractivity contribution is 0.126. The minimum atomic E-state index is -1.15. The highest BCUT2D eigenvalue weighted by molar-refractivity contribution is 5.72. The van der Waals surface area contributed by atoms with Gasteiger partial charge < -0.3 is 9.47 Å². The predicted octanol–water partition coefficient (Wildman–Crippen LogP) is 9.69. The smallest absolute Gasteiger partial charge is 0.201 e. The third-order valence-corrected chi connectivity index (χ3v) is 7.65. The van der Waals surface area contributed by atoms with E-state index in [0.29, 0.717) is 17.0 Å². The molecular weight excluding hydrogens is 511 g/mol. The Kier molecular flexibility index (Phi) is 9.87. The van der Waals surface area contributed by atoms with Crippen molar-refractivity contribution in [3.05, 3.63) is 71.8 Å². The van der Waals surface area contributed by atoms with E-state index in [0.717, 1.165) is 32.1 Å². The van der Waals surface area contributed by atoms with Crippen molar-refractivity contribution in [2.24, 2.45) is 11.8 Å². The first kappa shape index (κ1) is 28.9. The van der Waals surface area contributed by atoms with Crippen molar-refractivity contribution in [1.82, 2.24) is 0 Å². The van der Waals surface area contributed by atoms with E-state index in [1.807, 2.05) is 0 Å². The molecule has 0 saturated heterocycles. The van der Waals surface area contributed by atoms with Crippen molar-refractivity contribution in [1.29, 1.82) is 0 Å². The SMILES string of the molecule is CCCC1CCC(C(F)CCOc2ccc(-c3ccc(-c4ccc(OCC)c(F)c4F)cc3)c(F)c2F)CC1. The second kappa shape index (κ2) is 13.3. The van der Waals surface area contributed by atoms with E-state index < -0.39 is 29.4 Å². The zero-order valence-corrected chi connectivity index (χ0v) is 22.4. The summed E-state index contributed by atoms with van der Waals surface area (Å²) in [6.45, 7) is 4.00. The van der Waals surface area contributed by atoms with Gasteiger partial charge >= 0.3 is 0 Å². The van der Waals surface area contributed by atoms with Crippen LogP contribution in [0, 0.1) is 35.1 Å². The van der Waals surface area contributed by atoms with E-state index in [9.17, 15) is 22.0 Å². The average Bonchev–Trinajstić information content (AvgIpc) is 2.94. The van der Waals surface area contributed by atoms with Crippen LogP contribution in [0.15, 0.2) is 48.5 Å². The maximum Gasteiger partial charge on any atom is 0.201 e. The number of ether oxygens (including phenoxy) is 2. The van der Waals surface area contributed by atoms with Crippen LogP contribution in [-0.4, -0.2) is 19.4 Å². The number of halogens is 5. The molecule has 1 aliphatic rings. The molecule has 4 rings (SSSR count). The van der Waals surface area contributed by atoms with Crippen molar-refractivity contribution in [2.75, 3.05) is 13.2 Å². The summed E-state index contributed by atoms with van der Waals surface area (Å²) in [6.07, 6.45) is 5.29. The normalized spacial score (nSPS) is 18.1. The van der Waals surface area contributed by atoms with Gasteiger partial charge in [-0.25, -0.2) is 13.2 Å². The summed E-state index contributed by atoms with van der Waals surface area (Å²) in [5, 5.41) is 0. The van der Waals surface area contributed by atoms with Gasteiger partial charge in [-0.15, -0.1) is 0 Å². The molecule has 1 aliphatic carbocycles. The third kappa shape index (κ3) is 6.74. The molecule has 0 spiro atoms. The minimum Gasteiger partial charge on any atom is -0.491 e. The molecule has 0 heterocycles. The summed E-state index contributed by atoms with van der Waals surface area (Å²) in [5.41, 5.74) is 0.754. The van der Waals surface area contributed by atoms with E-state index in [4.69, 9.17) is 9.47 Å².